The number of aryl methyl sites for hydroxylation is 1. The number of carbonyl (C=O) groups is 1. The van der Waals surface area contributed by atoms with E-state index in [1.54, 1.807) is 30.9 Å². The third-order valence-corrected chi connectivity index (χ3v) is 3.98. The Morgan fingerprint density at radius 2 is 2.20 bits per heavy atom. The fourth-order valence-electron chi connectivity index (χ4n) is 1.88. The Hall–Kier alpha value is -1.33. The van der Waals surface area contributed by atoms with Crippen molar-refractivity contribution in [2.45, 2.75) is 19.4 Å². The minimum absolute atomic E-state index is 0.159. The van der Waals surface area contributed by atoms with E-state index in [0.717, 1.165) is 15.7 Å². The number of nitrogens with zero attached hydrogens (tertiary/aromatic N) is 2. The van der Waals surface area contributed by atoms with E-state index in [-0.39, 0.29) is 18.5 Å². The number of ether oxygens (including phenoxy) is 1. The minimum Gasteiger partial charge on any atom is -0.457 e. The van der Waals surface area contributed by atoms with Crippen LogP contribution >= 0.6 is 27.5 Å². The van der Waals surface area contributed by atoms with Crippen LogP contribution in [0.25, 0.3) is 0 Å². The van der Waals surface area contributed by atoms with E-state index in [1.165, 1.54) is 0 Å². The minimum atomic E-state index is -0.386. The molecule has 106 valence electrons. The Morgan fingerprint density at radius 1 is 1.50 bits per heavy atom. The molecule has 1 atom stereocenters. The monoisotopic (exact) mass is 356 g/mol. The third-order valence-electron chi connectivity index (χ3n) is 2.97. The van der Waals surface area contributed by atoms with Gasteiger partial charge < -0.3 is 4.74 Å². The molecule has 2 aromatic rings. The van der Waals surface area contributed by atoms with Gasteiger partial charge in [-0.15, -0.1) is 0 Å². The average molecular weight is 358 g/mol. The van der Waals surface area contributed by atoms with Gasteiger partial charge in [0.2, 0.25) is 0 Å². The predicted octanol–water partition coefficient (Wildman–Crippen LogP) is 3.68. The molecule has 0 saturated carbocycles. The second-order valence-corrected chi connectivity index (χ2v) is 5.65. The quantitative estimate of drug-likeness (QED) is 0.784. The van der Waals surface area contributed by atoms with Gasteiger partial charge in [0.25, 0.3) is 0 Å². The zero-order chi connectivity index (χ0) is 14.7. The summed E-state index contributed by atoms with van der Waals surface area (Å²) in [7, 11) is 1.78. The first-order valence-electron chi connectivity index (χ1n) is 6.09. The van der Waals surface area contributed by atoms with Crippen LogP contribution in [0.2, 0.25) is 5.02 Å². The number of halogens is 2. The van der Waals surface area contributed by atoms with Crippen molar-refractivity contribution in [3.63, 3.8) is 0 Å². The highest BCUT2D eigenvalue weighted by Gasteiger charge is 2.17. The lowest BCUT2D eigenvalue weighted by atomic mass is 10.1. The van der Waals surface area contributed by atoms with Crippen molar-refractivity contribution >= 4 is 33.5 Å². The van der Waals surface area contributed by atoms with Crippen LogP contribution in [0.4, 0.5) is 0 Å². The predicted molar refractivity (Wildman–Crippen MR) is 80.6 cm³/mol. The maximum atomic E-state index is 12.0. The molecule has 0 aliphatic heterocycles. The van der Waals surface area contributed by atoms with Gasteiger partial charge in [0.05, 0.1) is 22.8 Å². The standard InChI is InChI=1S/C14H14BrClN2O2/c1-9(10-5-3-4-6-12(10)16)20-14(19)7-13-11(15)8-17-18(13)2/h3-6,8-9H,7H2,1-2H3/t9-/m1/s1. The Morgan fingerprint density at radius 3 is 2.80 bits per heavy atom. The second kappa shape index (κ2) is 6.41. The van der Waals surface area contributed by atoms with Gasteiger partial charge in [-0.3, -0.25) is 9.48 Å². The highest BCUT2D eigenvalue weighted by molar-refractivity contribution is 9.10. The van der Waals surface area contributed by atoms with Gasteiger partial charge >= 0.3 is 5.97 Å². The van der Waals surface area contributed by atoms with Crippen LogP contribution in [-0.2, 0) is 23.0 Å². The summed E-state index contributed by atoms with van der Waals surface area (Å²) in [6, 6.07) is 7.33. The molecule has 2 rings (SSSR count). The van der Waals surface area contributed by atoms with Crippen LogP contribution in [0, 0.1) is 0 Å². The highest BCUT2D eigenvalue weighted by Crippen LogP contribution is 2.25. The van der Waals surface area contributed by atoms with Crippen molar-refractivity contribution in [2.75, 3.05) is 0 Å². The van der Waals surface area contributed by atoms with E-state index < -0.39 is 0 Å². The van der Waals surface area contributed by atoms with Gasteiger partial charge in [0.1, 0.15) is 6.10 Å². The van der Waals surface area contributed by atoms with Crippen LogP contribution in [0.5, 0.6) is 0 Å². The van der Waals surface area contributed by atoms with Crippen molar-refractivity contribution in [1.82, 2.24) is 9.78 Å². The number of hydrogen-bond acceptors (Lipinski definition) is 3. The van der Waals surface area contributed by atoms with Crippen LogP contribution in [0.15, 0.2) is 34.9 Å². The van der Waals surface area contributed by atoms with Gasteiger partial charge in [0.15, 0.2) is 0 Å². The van der Waals surface area contributed by atoms with Crippen LogP contribution in [0.1, 0.15) is 24.3 Å². The topological polar surface area (TPSA) is 44.1 Å². The van der Waals surface area contributed by atoms with Crippen molar-refractivity contribution in [3.8, 4) is 0 Å². The number of hydrogen-bond donors (Lipinski definition) is 0. The number of aromatic nitrogens is 2. The molecule has 0 aliphatic carbocycles. The molecule has 20 heavy (non-hydrogen) atoms. The van der Waals surface area contributed by atoms with Gasteiger partial charge in [0, 0.05) is 17.6 Å². The average Bonchev–Trinajstić information content (AvgIpc) is 2.71. The molecule has 0 aliphatic rings. The zero-order valence-corrected chi connectivity index (χ0v) is 13.5. The molecule has 0 radical (unpaired) electrons. The first-order chi connectivity index (χ1) is 9.49. The molecular formula is C14H14BrClN2O2. The van der Waals surface area contributed by atoms with E-state index in [0.29, 0.717) is 5.02 Å². The Balaban J connectivity index is 2.04. The number of esters is 1. The Labute approximate surface area is 130 Å². The molecule has 0 fully saturated rings. The fraction of sp³-hybridized carbons (Fsp3) is 0.286. The van der Waals surface area contributed by atoms with E-state index in [2.05, 4.69) is 21.0 Å². The molecular weight excluding hydrogens is 344 g/mol. The van der Waals surface area contributed by atoms with E-state index in [9.17, 15) is 4.79 Å². The Kier molecular flexibility index (Phi) is 4.83. The van der Waals surface area contributed by atoms with Crippen molar-refractivity contribution in [3.05, 3.63) is 51.2 Å². The normalized spacial score (nSPS) is 12.2. The number of rotatable bonds is 4. The van der Waals surface area contributed by atoms with Crippen LogP contribution in [0.3, 0.4) is 0 Å². The van der Waals surface area contributed by atoms with Gasteiger partial charge in [-0.25, -0.2) is 0 Å². The van der Waals surface area contributed by atoms with E-state index in [1.807, 2.05) is 18.2 Å². The lowest BCUT2D eigenvalue weighted by molar-refractivity contribution is -0.147. The molecule has 1 aromatic heterocycles. The van der Waals surface area contributed by atoms with Gasteiger partial charge in [-0.1, -0.05) is 29.8 Å². The summed E-state index contributed by atoms with van der Waals surface area (Å²) in [5, 5.41) is 4.65. The van der Waals surface area contributed by atoms with Crippen molar-refractivity contribution in [2.24, 2.45) is 7.05 Å². The van der Waals surface area contributed by atoms with Gasteiger partial charge in [-0.05, 0) is 28.9 Å². The van der Waals surface area contributed by atoms with Crippen molar-refractivity contribution < 1.29 is 9.53 Å². The molecule has 0 amide bonds. The molecule has 0 spiro atoms. The molecule has 6 heteroatoms. The lowest BCUT2D eigenvalue weighted by Gasteiger charge is -2.15. The summed E-state index contributed by atoms with van der Waals surface area (Å²) in [5.41, 5.74) is 1.58. The molecule has 0 unspecified atom stereocenters. The number of carbonyl (C=O) groups excluding carboxylic acids is 1. The molecule has 0 bridgehead atoms. The molecule has 4 nitrogen and oxygen atoms in total. The smallest absolute Gasteiger partial charge is 0.312 e. The summed E-state index contributed by atoms with van der Waals surface area (Å²) in [6.45, 7) is 1.80. The maximum Gasteiger partial charge on any atom is 0.312 e. The third kappa shape index (κ3) is 3.41. The first-order valence-corrected chi connectivity index (χ1v) is 7.26. The van der Waals surface area contributed by atoms with Crippen LogP contribution < -0.4 is 0 Å². The molecule has 0 N–H and O–H groups in total. The number of benzene rings is 1. The first kappa shape index (κ1) is 15.1. The SMILES string of the molecule is C[C@@H](OC(=O)Cc1c(Br)cnn1C)c1ccccc1Cl. The van der Waals surface area contributed by atoms with Gasteiger partial charge in [-0.2, -0.15) is 5.10 Å². The van der Waals surface area contributed by atoms with Crippen LogP contribution in [-0.4, -0.2) is 15.7 Å². The summed E-state index contributed by atoms with van der Waals surface area (Å²) in [4.78, 5) is 12.0. The largest absolute Gasteiger partial charge is 0.457 e. The van der Waals surface area contributed by atoms with E-state index >= 15 is 0 Å². The Bertz CT molecular complexity index is 608. The summed E-state index contributed by atoms with van der Waals surface area (Å²) >= 11 is 9.44. The fourth-order valence-corrected chi connectivity index (χ4v) is 2.66. The second-order valence-electron chi connectivity index (χ2n) is 4.39. The van der Waals surface area contributed by atoms with E-state index in [4.69, 9.17) is 16.3 Å². The van der Waals surface area contributed by atoms with Crippen molar-refractivity contribution in [1.29, 1.82) is 0 Å². The molecule has 0 saturated heterocycles. The molecule has 1 heterocycles. The summed E-state index contributed by atoms with van der Waals surface area (Å²) in [6.07, 6.45) is 1.43. The summed E-state index contributed by atoms with van der Waals surface area (Å²) < 4.78 is 7.85. The molecule has 1 aromatic carbocycles. The summed E-state index contributed by atoms with van der Waals surface area (Å²) in [5.74, 6) is -0.318. The zero-order valence-electron chi connectivity index (χ0n) is 11.1. The lowest BCUT2D eigenvalue weighted by Crippen LogP contribution is -2.14. The maximum absolute atomic E-state index is 12.0. The highest BCUT2D eigenvalue weighted by atomic mass is 79.9.